The van der Waals surface area contributed by atoms with E-state index in [0.29, 0.717) is 29.1 Å². The van der Waals surface area contributed by atoms with Crippen LogP contribution in [0.3, 0.4) is 0 Å². The molecular weight excluding hydrogens is 408 g/mol. The van der Waals surface area contributed by atoms with E-state index in [4.69, 9.17) is 9.47 Å². The molecule has 0 saturated carbocycles. The van der Waals surface area contributed by atoms with Gasteiger partial charge in [0, 0.05) is 11.9 Å². The fraction of sp³-hybridized carbons (Fsp3) is 0.375. The molecule has 1 amide bonds. The molecule has 1 fully saturated rings. The summed E-state index contributed by atoms with van der Waals surface area (Å²) in [6, 6.07) is 14.7. The molecule has 5 rings (SSSR count). The lowest BCUT2D eigenvalue weighted by Crippen LogP contribution is -2.44. The minimum Gasteiger partial charge on any atom is -0.485 e. The van der Waals surface area contributed by atoms with Gasteiger partial charge in [-0.25, -0.2) is 4.68 Å². The van der Waals surface area contributed by atoms with Crippen molar-refractivity contribution >= 4 is 16.7 Å². The largest absolute Gasteiger partial charge is 0.485 e. The molecule has 0 spiro atoms. The molecule has 1 aromatic heterocycles. The Morgan fingerprint density at radius 3 is 2.53 bits per heavy atom. The number of para-hydroxylation sites is 2. The van der Waals surface area contributed by atoms with E-state index in [1.165, 1.54) is 17.5 Å². The third-order valence-corrected chi connectivity index (χ3v) is 6.00. The highest BCUT2D eigenvalue weighted by Crippen LogP contribution is 2.30. The van der Waals surface area contributed by atoms with Crippen LogP contribution in [0.5, 0.6) is 11.5 Å². The second-order valence-corrected chi connectivity index (χ2v) is 8.15. The van der Waals surface area contributed by atoms with Crippen LogP contribution in [0, 0.1) is 0 Å². The molecule has 1 N–H and O–H groups in total. The molecular formula is C24H26N4O4. The van der Waals surface area contributed by atoms with Gasteiger partial charge in [-0.1, -0.05) is 30.3 Å². The van der Waals surface area contributed by atoms with Crippen LogP contribution < -0.4 is 20.3 Å². The van der Waals surface area contributed by atoms with Crippen molar-refractivity contribution < 1.29 is 14.3 Å². The van der Waals surface area contributed by atoms with E-state index in [9.17, 15) is 9.59 Å². The Morgan fingerprint density at radius 2 is 1.72 bits per heavy atom. The first kappa shape index (κ1) is 20.5. The topological polar surface area (TPSA) is 85.7 Å². The number of aromatic nitrogens is 2. The number of carbonyl (C=O) groups excluding carboxylic acids is 1. The Labute approximate surface area is 185 Å². The summed E-state index contributed by atoms with van der Waals surface area (Å²) in [5.74, 6) is 0.910. The molecule has 166 valence electrons. The highest BCUT2D eigenvalue weighted by molar-refractivity contribution is 5.85. The van der Waals surface area contributed by atoms with Gasteiger partial charge >= 0.3 is 0 Å². The number of nitrogens with one attached hydrogen (secondary N) is 1. The molecule has 1 unspecified atom stereocenters. The van der Waals surface area contributed by atoms with Gasteiger partial charge in [0.25, 0.3) is 11.5 Å². The Morgan fingerprint density at radius 1 is 1.00 bits per heavy atom. The van der Waals surface area contributed by atoms with E-state index < -0.39 is 6.10 Å². The maximum absolute atomic E-state index is 12.9. The van der Waals surface area contributed by atoms with E-state index in [-0.39, 0.29) is 24.6 Å². The summed E-state index contributed by atoms with van der Waals surface area (Å²) < 4.78 is 13.0. The molecule has 2 aromatic carbocycles. The fourth-order valence-corrected chi connectivity index (χ4v) is 4.26. The Balaban J connectivity index is 1.32. The lowest BCUT2D eigenvalue weighted by atomic mass is 10.1. The standard InChI is InChI=1S/C24H26N4O4/c29-23(22-16-31-20-9-3-4-10-21(20)32-22)25-15-19-17-7-1-2-8-18(17)24(30)28(26-19)14-13-27-11-5-6-12-27/h1-4,7-10,22H,5-6,11-16H2,(H,25,29). The van der Waals surface area contributed by atoms with E-state index >= 15 is 0 Å². The fourth-order valence-electron chi connectivity index (χ4n) is 4.26. The highest BCUT2D eigenvalue weighted by Gasteiger charge is 2.27. The van der Waals surface area contributed by atoms with Crippen molar-refractivity contribution in [3.8, 4) is 11.5 Å². The monoisotopic (exact) mass is 434 g/mol. The summed E-state index contributed by atoms with van der Waals surface area (Å²) in [7, 11) is 0. The third-order valence-electron chi connectivity index (χ3n) is 6.00. The quantitative estimate of drug-likeness (QED) is 0.638. The Kier molecular flexibility index (Phi) is 5.77. The van der Waals surface area contributed by atoms with Gasteiger partial charge in [0.15, 0.2) is 11.5 Å². The Hall–Kier alpha value is -3.39. The molecule has 1 saturated heterocycles. The van der Waals surface area contributed by atoms with Crippen LogP contribution in [0.25, 0.3) is 10.8 Å². The summed E-state index contributed by atoms with van der Waals surface area (Å²) in [4.78, 5) is 28.0. The summed E-state index contributed by atoms with van der Waals surface area (Å²) in [5.41, 5.74) is 0.558. The van der Waals surface area contributed by atoms with Gasteiger partial charge in [-0.05, 0) is 44.1 Å². The zero-order valence-corrected chi connectivity index (χ0v) is 17.8. The summed E-state index contributed by atoms with van der Waals surface area (Å²) >= 11 is 0. The second-order valence-electron chi connectivity index (χ2n) is 8.15. The maximum atomic E-state index is 12.9. The summed E-state index contributed by atoms with van der Waals surface area (Å²) in [6.07, 6.45) is 1.67. The number of ether oxygens (including phenoxy) is 2. The molecule has 3 heterocycles. The summed E-state index contributed by atoms with van der Waals surface area (Å²) in [6.45, 7) is 3.80. The van der Waals surface area contributed by atoms with Crippen LogP contribution >= 0.6 is 0 Å². The number of carbonyl (C=O) groups is 1. The van der Waals surface area contributed by atoms with Crippen LogP contribution in [0.15, 0.2) is 53.3 Å². The normalized spacial score (nSPS) is 18.1. The van der Waals surface area contributed by atoms with Crippen molar-refractivity contribution in [1.82, 2.24) is 20.0 Å². The number of likely N-dealkylation sites (tertiary alicyclic amines) is 1. The lowest BCUT2D eigenvalue weighted by Gasteiger charge is -2.25. The highest BCUT2D eigenvalue weighted by atomic mass is 16.6. The molecule has 0 radical (unpaired) electrons. The van der Waals surface area contributed by atoms with Gasteiger partial charge in [0.05, 0.1) is 24.2 Å². The van der Waals surface area contributed by atoms with Crippen molar-refractivity contribution in [2.75, 3.05) is 26.2 Å². The predicted octanol–water partition coefficient (Wildman–Crippen LogP) is 1.95. The number of amides is 1. The zero-order chi connectivity index (χ0) is 21.9. The average molecular weight is 434 g/mol. The number of fused-ring (bicyclic) bond motifs is 2. The van der Waals surface area contributed by atoms with Gasteiger partial charge in [-0.2, -0.15) is 5.10 Å². The van der Waals surface area contributed by atoms with Gasteiger partial charge in [0.2, 0.25) is 6.10 Å². The lowest BCUT2D eigenvalue weighted by molar-refractivity contribution is -0.130. The molecule has 0 aliphatic carbocycles. The van der Waals surface area contributed by atoms with Gasteiger partial charge in [-0.3, -0.25) is 9.59 Å². The van der Waals surface area contributed by atoms with E-state index in [1.807, 2.05) is 42.5 Å². The molecule has 32 heavy (non-hydrogen) atoms. The Bertz CT molecular complexity index is 1190. The number of hydrogen-bond acceptors (Lipinski definition) is 6. The number of hydrogen-bond donors (Lipinski definition) is 1. The van der Waals surface area contributed by atoms with E-state index in [0.717, 1.165) is 25.0 Å². The minimum absolute atomic E-state index is 0.101. The zero-order valence-electron chi connectivity index (χ0n) is 17.8. The molecule has 3 aromatic rings. The van der Waals surface area contributed by atoms with E-state index in [1.54, 1.807) is 6.07 Å². The SMILES string of the molecule is O=C(NCc1nn(CCN2CCCC2)c(=O)c2ccccc12)C1COc2ccccc2O1. The van der Waals surface area contributed by atoms with Crippen LogP contribution in [0.1, 0.15) is 18.5 Å². The number of nitrogens with zero attached hydrogens (tertiary/aromatic N) is 3. The van der Waals surface area contributed by atoms with Crippen LogP contribution in [0.4, 0.5) is 0 Å². The van der Waals surface area contributed by atoms with Crippen molar-refractivity contribution in [2.45, 2.75) is 32.0 Å². The molecule has 1 atom stereocenters. The molecule has 2 aliphatic rings. The summed E-state index contributed by atoms with van der Waals surface area (Å²) in [5, 5.41) is 8.87. The van der Waals surface area contributed by atoms with Crippen LogP contribution in [-0.2, 0) is 17.9 Å². The predicted molar refractivity (Wildman–Crippen MR) is 120 cm³/mol. The van der Waals surface area contributed by atoms with Crippen molar-refractivity contribution in [2.24, 2.45) is 0 Å². The molecule has 8 nitrogen and oxygen atoms in total. The van der Waals surface area contributed by atoms with Crippen molar-refractivity contribution in [1.29, 1.82) is 0 Å². The van der Waals surface area contributed by atoms with Gasteiger partial charge in [-0.15, -0.1) is 0 Å². The average Bonchev–Trinajstić information content (AvgIpc) is 3.36. The smallest absolute Gasteiger partial charge is 0.274 e. The van der Waals surface area contributed by atoms with E-state index in [2.05, 4.69) is 15.3 Å². The van der Waals surface area contributed by atoms with Crippen molar-refractivity contribution in [3.05, 3.63) is 64.6 Å². The minimum atomic E-state index is -0.739. The van der Waals surface area contributed by atoms with Gasteiger partial charge in [0.1, 0.15) is 6.61 Å². The number of rotatable bonds is 6. The number of benzene rings is 2. The first-order valence-electron chi connectivity index (χ1n) is 11.1. The maximum Gasteiger partial charge on any atom is 0.274 e. The van der Waals surface area contributed by atoms with Crippen LogP contribution in [0.2, 0.25) is 0 Å². The first-order valence-corrected chi connectivity index (χ1v) is 11.1. The molecule has 8 heteroatoms. The molecule has 0 bridgehead atoms. The van der Waals surface area contributed by atoms with Gasteiger partial charge < -0.3 is 19.7 Å². The third kappa shape index (κ3) is 4.18. The van der Waals surface area contributed by atoms with Crippen LogP contribution in [-0.4, -0.2) is 52.9 Å². The second kappa shape index (κ2) is 9.00. The molecule has 2 aliphatic heterocycles. The van der Waals surface area contributed by atoms with Crippen molar-refractivity contribution in [3.63, 3.8) is 0 Å². The first-order chi connectivity index (χ1) is 15.7.